The molecule has 1 aromatic rings. The van der Waals surface area contributed by atoms with Crippen molar-refractivity contribution in [3.63, 3.8) is 0 Å². The van der Waals surface area contributed by atoms with E-state index in [0.717, 1.165) is 38.2 Å². The number of fused-ring (bicyclic) bond motifs is 1. The van der Waals surface area contributed by atoms with E-state index in [1.807, 2.05) is 6.07 Å². The van der Waals surface area contributed by atoms with Crippen LogP contribution in [0.3, 0.4) is 0 Å². The van der Waals surface area contributed by atoms with Gasteiger partial charge in [0, 0.05) is 12.6 Å². The molecule has 0 saturated heterocycles. The summed E-state index contributed by atoms with van der Waals surface area (Å²) >= 11 is 0. The Morgan fingerprint density at radius 2 is 2.12 bits per heavy atom. The zero-order valence-electron chi connectivity index (χ0n) is 10.7. The van der Waals surface area contributed by atoms with Crippen molar-refractivity contribution in [2.45, 2.75) is 26.3 Å². The van der Waals surface area contributed by atoms with Crippen molar-refractivity contribution >= 4 is 0 Å². The van der Waals surface area contributed by atoms with Crippen molar-refractivity contribution < 1.29 is 4.39 Å². The number of nitrogens with zero attached hydrogens (tertiary/aromatic N) is 1. The maximum absolute atomic E-state index is 13.3. The molecule has 0 bridgehead atoms. The monoisotopic (exact) mass is 236 g/mol. The van der Waals surface area contributed by atoms with Gasteiger partial charge in [-0.1, -0.05) is 19.9 Å². The lowest BCUT2D eigenvalue weighted by Crippen LogP contribution is -2.39. The smallest absolute Gasteiger partial charge is 0.123 e. The molecule has 1 aromatic carbocycles. The molecule has 1 unspecified atom stereocenters. The van der Waals surface area contributed by atoms with Crippen molar-refractivity contribution in [1.29, 1.82) is 0 Å². The summed E-state index contributed by atoms with van der Waals surface area (Å²) in [5.74, 6) is -0.128. The molecule has 94 valence electrons. The number of hydrogen-bond acceptors (Lipinski definition) is 2. The van der Waals surface area contributed by atoms with E-state index in [1.54, 1.807) is 12.1 Å². The van der Waals surface area contributed by atoms with Gasteiger partial charge in [0.2, 0.25) is 0 Å². The number of likely N-dealkylation sites (N-methyl/N-ethyl adjacent to an activating group) is 1. The van der Waals surface area contributed by atoms with E-state index in [1.165, 1.54) is 5.56 Å². The van der Waals surface area contributed by atoms with E-state index in [4.69, 9.17) is 0 Å². The molecule has 0 spiro atoms. The first-order valence-corrected chi connectivity index (χ1v) is 6.48. The van der Waals surface area contributed by atoms with Crippen LogP contribution >= 0.6 is 0 Å². The minimum absolute atomic E-state index is 0.128. The third-order valence-electron chi connectivity index (χ3n) is 3.60. The zero-order valence-corrected chi connectivity index (χ0v) is 10.7. The van der Waals surface area contributed by atoms with E-state index in [-0.39, 0.29) is 11.9 Å². The number of nitrogens with one attached hydrogen (secondary N) is 1. The minimum Gasteiger partial charge on any atom is -0.309 e. The highest BCUT2D eigenvalue weighted by Crippen LogP contribution is 2.24. The summed E-state index contributed by atoms with van der Waals surface area (Å²) in [5, 5.41) is 3.49. The summed E-state index contributed by atoms with van der Waals surface area (Å²) in [5.41, 5.74) is 2.44. The Bertz CT molecular complexity index is 374. The number of rotatable bonds is 4. The van der Waals surface area contributed by atoms with Crippen LogP contribution in [0.25, 0.3) is 0 Å². The summed E-state index contributed by atoms with van der Waals surface area (Å²) in [6.07, 6.45) is 1.00. The molecular weight excluding hydrogens is 215 g/mol. The predicted molar refractivity (Wildman–Crippen MR) is 68.6 cm³/mol. The van der Waals surface area contributed by atoms with Crippen molar-refractivity contribution in [2.75, 3.05) is 26.2 Å². The molecular formula is C14H21FN2. The Kier molecular flexibility index (Phi) is 4.13. The van der Waals surface area contributed by atoms with Gasteiger partial charge in [-0.15, -0.1) is 0 Å². The second-order valence-corrected chi connectivity index (χ2v) is 4.59. The average Bonchev–Trinajstić information content (AvgIpc) is 2.36. The zero-order chi connectivity index (χ0) is 12.3. The molecule has 1 heterocycles. The molecule has 1 aliphatic heterocycles. The molecule has 0 fully saturated rings. The van der Waals surface area contributed by atoms with Crippen LogP contribution in [0.1, 0.15) is 31.0 Å². The Balaban J connectivity index is 2.18. The Hall–Kier alpha value is -0.930. The van der Waals surface area contributed by atoms with Crippen LogP contribution in [-0.2, 0) is 6.42 Å². The third kappa shape index (κ3) is 2.85. The summed E-state index contributed by atoms with van der Waals surface area (Å²) in [4.78, 5) is 2.37. The first-order chi connectivity index (χ1) is 8.24. The van der Waals surface area contributed by atoms with Gasteiger partial charge in [0.1, 0.15) is 5.82 Å². The van der Waals surface area contributed by atoms with Crippen LogP contribution in [0.4, 0.5) is 4.39 Å². The van der Waals surface area contributed by atoms with Crippen LogP contribution < -0.4 is 5.32 Å². The summed E-state index contributed by atoms with van der Waals surface area (Å²) in [6, 6.07) is 5.46. The lowest BCUT2D eigenvalue weighted by Gasteiger charge is -2.31. The highest BCUT2D eigenvalue weighted by Gasteiger charge is 2.21. The predicted octanol–water partition coefficient (Wildman–Crippen LogP) is 2.35. The second kappa shape index (κ2) is 5.61. The number of halogens is 1. The van der Waals surface area contributed by atoms with Crippen molar-refractivity contribution in [3.8, 4) is 0 Å². The molecule has 1 atom stereocenters. The van der Waals surface area contributed by atoms with Gasteiger partial charge in [-0.25, -0.2) is 4.39 Å². The molecule has 0 aromatic heterocycles. The molecule has 2 nitrogen and oxygen atoms in total. The van der Waals surface area contributed by atoms with Gasteiger partial charge in [0.15, 0.2) is 0 Å². The van der Waals surface area contributed by atoms with Gasteiger partial charge in [-0.2, -0.15) is 0 Å². The fraction of sp³-hybridized carbons (Fsp3) is 0.571. The lowest BCUT2D eigenvalue weighted by atomic mass is 9.94. The van der Waals surface area contributed by atoms with Crippen LogP contribution in [0, 0.1) is 5.82 Å². The van der Waals surface area contributed by atoms with Crippen molar-refractivity contribution in [3.05, 3.63) is 35.1 Å². The Labute approximate surface area is 103 Å². The van der Waals surface area contributed by atoms with E-state index >= 15 is 0 Å². The molecule has 3 heteroatoms. The maximum atomic E-state index is 13.3. The number of benzene rings is 1. The first-order valence-electron chi connectivity index (χ1n) is 6.48. The van der Waals surface area contributed by atoms with Crippen molar-refractivity contribution in [1.82, 2.24) is 10.2 Å². The van der Waals surface area contributed by atoms with Gasteiger partial charge < -0.3 is 10.2 Å². The second-order valence-electron chi connectivity index (χ2n) is 4.59. The fourth-order valence-electron chi connectivity index (χ4n) is 2.51. The molecule has 1 N–H and O–H groups in total. The highest BCUT2D eigenvalue weighted by molar-refractivity contribution is 5.33. The molecule has 17 heavy (non-hydrogen) atoms. The normalized spacial score (nSPS) is 19.4. The highest BCUT2D eigenvalue weighted by atomic mass is 19.1. The van der Waals surface area contributed by atoms with Gasteiger partial charge in [-0.05, 0) is 49.3 Å². The van der Waals surface area contributed by atoms with Crippen molar-refractivity contribution in [2.24, 2.45) is 0 Å². The van der Waals surface area contributed by atoms with E-state index in [2.05, 4.69) is 24.1 Å². The fourth-order valence-corrected chi connectivity index (χ4v) is 2.51. The molecule has 0 radical (unpaired) electrons. The first kappa shape index (κ1) is 12.5. The molecule has 0 aliphatic carbocycles. The van der Waals surface area contributed by atoms with E-state index < -0.39 is 0 Å². The van der Waals surface area contributed by atoms with Gasteiger partial charge in [0.25, 0.3) is 0 Å². The van der Waals surface area contributed by atoms with E-state index in [0.29, 0.717) is 0 Å². The van der Waals surface area contributed by atoms with Crippen LogP contribution in [0.5, 0.6) is 0 Å². The SMILES string of the molecule is CCN(CC)CC1NCCc2ccc(F)cc21. The quantitative estimate of drug-likeness (QED) is 0.863. The van der Waals surface area contributed by atoms with Crippen LogP contribution in [0.2, 0.25) is 0 Å². The Morgan fingerprint density at radius 1 is 1.35 bits per heavy atom. The largest absolute Gasteiger partial charge is 0.309 e. The lowest BCUT2D eigenvalue weighted by molar-refractivity contribution is 0.261. The number of hydrogen-bond donors (Lipinski definition) is 1. The topological polar surface area (TPSA) is 15.3 Å². The molecule has 1 aliphatic rings. The summed E-state index contributed by atoms with van der Waals surface area (Å²) < 4.78 is 13.3. The standard InChI is InChI=1S/C14H21FN2/c1-3-17(4-2)10-14-13-9-12(15)6-5-11(13)7-8-16-14/h5-6,9,14,16H,3-4,7-8,10H2,1-2H3. The molecule has 0 saturated carbocycles. The Morgan fingerprint density at radius 3 is 2.82 bits per heavy atom. The third-order valence-corrected chi connectivity index (χ3v) is 3.60. The van der Waals surface area contributed by atoms with E-state index in [9.17, 15) is 4.39 Å². The molecule has 2 rings (SSSR count). The maximum Gasteiger partial charge on any atom is 0.123 e. The van der Waals surface area contributed by atoms with Crippen LogP contribution in [-0.4, -0.2) is 31.1 Å². The summed E-state index contributed by atoms with van der Waals surface area (Å²) in [6.45, 7) is 8.37. The van der Waals surface area contributed by atoms with Crippen LogP contribution in [0.15, 0.2) is 18.2 Å². The van der Waals surface area contributed by atoms with Gasteiger partial charge in [-0.3, -0.25) is 0 Å². The average molecular weight is 236 g/mol. The van der Waals surface area contributed by atoms with Gasteiger partial charge >= 0.3 is 0 Å². The summed E-state index contributed by atoms with van der Waals surface area (Å²) in [7, 11) is 0. The van der Waals surface area contributed by atoms with Gasteiger partial charge in [0.05, 0.1) is 0 Å². The molecule has 0 amide bonds. The minimum atomic E-state index is -0.128.